The van der Waals surface area contributed by atoms with E-state index in [0.717, 1.165) is 22.3 Å². The molecule has 0 fully saturated rings. The summed E-state index contributed by atoms with van der Waals surface area (Å²) >= 11 is 0. The fraction of sp³-hybridized carbons (Fsp3) is 0.464. The number of carboxylic acids is 1. The van der Waals surface area contributed by atoms with Crippen LogP contribution in [0.5, 0.6) is 0 Å². The van der Waals surface area contributed by atoms with E-state index in [4.69, 9.17) is 9.84 Å². The lowest BCUT2D eigenvalue weighted by molar-refractivity contribution is -0.144. The van der Waals surface area contributed by atoms with Crippen LogP contribution in [0.15, 0.2) is 48.5 Å². The molecule has 7 heteroatoms. The quantitative estimate of drug-likeness (QED) is 0.532. The van der Waals surface area contributed by atoms with Crippen molar-refractivity contribution in [1.29, 1.82) is 0 Å². The predicted octanol–water partition coefficient (Wildman–Crippen LogP) is 4.90. The highest BCUT2D eigenvalue weighted by atomic mass is 16.5. The summed E-state index contributed by atoms with van der Waals surface area (Å²) in [7, 11) is 0. The molecule has 0 aliphatic heterocycles. The number of carbonyl (C=O) groups is 3. The molecule has 0 bridgehead atoms. The molecule has 3 rings (SSSR count). The van der Waals surface area contributed by atoms with Gasteiger partial charge in [0.05, 0.1) is 12.3 Å². The van der Waals surface area contributed by atoms with Crippen LogP contribution < -0.4 is 5.32 Å². The third-order valence-corrected chi connectivity index (χ3v) is 6.56. The minimum atomic E-state index is -0.954. The van der Waals surface area contributed by atoms with E-state index in [-0.39, 0.29) is 43.9 Å². The van der Waals surface area contributed by atoms with Gasteiger partial charge in [0.15, 0.2) is 0 Å². The van der Waals surface area contributed by atoms with Gasteiger partial charge in [0.1, 0.15) is 6.61 Å². The fourth-order valence-electron chi connectivity index (χ4n) is 4.63. The molecule has 2 N–H and O–H groups in total. The number of amides is 2. The Morgan fingerprint density at radius 1 is 1.00 bits per heavy atom. The van der Waals surface area contributed by atoms with E-state index in [1.54, 1.807) is 4.90 Å². The summed E-state index contributed by atoms with van der Waals surface area (Å²) in [5, 5.41) is 11.9. The summed E-state index contributed by atoms with van der Waals surface area (Å²) in [5.41, 5.74) is 4.05. The highest BCUT2D eigenvalue weighted by Crippen LogP contribution is 2.44. The van der Waals surface area contributed by atoms with Crippen molar-refractivity contribution in [3.8, 4) is 11.1 Å². The Morgan fingerprint density at radius 3 is 2.03 bits per heavy atom. The number of carboxylic acid groups (broad SMARTS) is 1. The monoisotopic (exact) mass is 480 g/mol. The van der Waals surface area contributed by atoms with Gasteiger partial charge in [-0.15, -0.1) is 0 Å². The molecule has 0 aromatic heterocycles. The molecule has 1 unspecified atom stereocenters. The van der Waals surface area contributed by atoms with Crippen LogP contribution in [-0.4, -0.2) is 53.2 Å². The van der Waals surface area contributed by atoms with E-state index >= 15 is 0 Å². The second-order valence-corrected chi connectivity index (χ2v) is 10.4. The Morgan fingerprint density at radius 2 is 1.54 bits per heavy atom. The number of carbonyl (C=O) groups excluding carboxylic acids is 2. The van der Waals surface area contributed by atoms with Crippen molar-refractivity contribution in [3.05, 3.63) is 59.7 Å². The number of rotatable bonds is 9. The molecule has 0 saturated heterocycles. The van der Waals surface area contributed by atoms with Gasteiger partial charge < -0.3 is 20.1 Å². The number of nitrogens with one attached hydrogen (secondary N) is 1. The molecule has 0 radical (unpaired) electrons. The van der Waals surface area contributed by atoms with Crippen molar-refractivity contribution in [3.63, 3.8) is 0 Å². The molecule has 1 aliphatic carbocycles. The molecule has 0 spiro atoms. The van der Waals surface area contributed by atoms with Gasteiger partial charge in [-0.2, -0.15) is 0 Å². The summed E-state index contributed by atoms with van der Waals surface area (Å²) in [4.78, 5) is 38.6. The topological polar surface area (TPSA) is 95.9 Å². The van der Waals surface area contributed by atoms with Crippen LogP contribution >= 0.6 is 0 Å². The molecular weight excluding hydrogens is 444 g/mol. The second-order valence-electron chi connectivity index (χ2n) is 10.4. The van der Waals surface area contributed by atoms with Crippen molar-refractivity contribution in [1.82, 2.24) is 10.2 Å². The molecule has 7 nitrogen and oxygen atoms in total. The Hall–Kier alpha value is -3.35. The maximum absolute atomic E-state index is 13.3. The summed E-state index contributed by atoms with van der Waals surface area (Å²) in [6, 6.07) is 16.3. The maximum atomic E-state index is 13.3. The van der Waals surface area contributed by atoms with E-state index in [9.17, 15) is 14.4 Å². The van der Waals surface area contributed by atoms with Gasteiger partial charge in [0, 0.05) is 24.5 Å². The van der Waals surface area contributed by atoms with Gasteiger partial charge in [0.25, 0.3) is 0 Å². The average Bonchev–Trinajstić information content (AvgIpc) is 3.10. The molecule has 0 heterocycles. The number of hydrogen-bond donors (Lipinski definition) is 2. The Balaban J connectivity index is 1.63. The number of nitrogens with zero attached hydrogens (tertiary/aromatic N) is 1. The predicted molar refractivity (Wildman–Crippen MR) is 135 cm³/mol. The third-order valence-electron chi connectivity index (χ3n) is 6.56. The lowest BCUT2D eigenvalue weighted by atomic mass is 9.92. The minimum absolute atomic E-state index is 0.0388. The average molecular weight is 481 g/mol. The standard InChI is InChI=1S/C28H36N2O5/c1-18(2)23(26(33)30(28(3,4)5)15-14-25(31)32)16-29-27(34)35-17-24-21-12-8-6-10-19(21)20-11-7-9-13-22(20)24/h6-13,18,23-24H,14-17H2,1-5H3,(H,29,34)(H,31,32). The molecule has 1 aliphatic rings. The summed E-state index contributed by atoms with van der Waals surface area (Å²) in [5.74, 6) is -1.71. The smallest absolute Gasteiger partial charge is 0.407 e. The van der Waals surface area contributed by atoms with E-state index in [0.29, 0.717) is 0 Å². The first-order valence-electron chi connectivity index (χ1n) is 12.1. The maximum Gasteiger partial charge on any atom is 0.407 e. The van der Waals surface area contributed by atoms with Crippen LogP contribution in [0.25, 0.3) is 11.1 Å². The van der Waals surface area contributed by atoms with Crippen LogP contribution in [0.1, 0.15) is 58.1 Å². The van der Waals surface area contributed by atoms with Gasteiger partial charge >= 0.3 is 12.1 Å². The molecule has 188 valence electrons. The number of alkyl carbamates (subject to hydrolysis) is 1. The molecular formula is C28H36N2O5. The molecule has 2 aromatic rings. The Bertz CT molecular complexity index is 1030. The van der Waals surface area contributed by atoms with Crippen molar-refractivity contribution in [2.24, 2.45) is 11.8 Å². The highest BCUT2D eigenvalue weighted by Gasteiger charge is 2.34. The van der Waals surface area contributed by atoms with Crippen molar-refractivity contribution < 1.29 is 24.2 Å². The van der Waals surface area contributed by atoms with Crippen LogP contribution in [0, 0.1) is 11.8 Å². The lowest BCUT2D eigenvalue weighted by Gasteiger charge is -2.38. The van der Waals surface area contributed by atoms with E-state index in [1.165, 1.54) is 0 Å². The Kier molecular flexibility index (Phi) is 8.20. The molecule has 1 atom stereocenters. The number of benzene rings is 2. The van der Waals surface area contributed by atoms with Crippen LogP contribution in [0.2, 0.25) is 0 Å². The van der Waals surface area contributed by atoms with Crippen molar-refractivity contribution >= 4 is 18.0 Å². The van der Waals surface area contributed by atoms with Crippen LogP contribution in [-0.2, 0) is 14.3 Å². The normalized spacial score (nSPS) is 13.7. The first kappa shape index (κ1) is 26.3. The highest BCUT2D eigenvalue weighted by molar-refractivity contribution is 5.82. The van der Waals surface area contributed by atoms with E-state index in [2.05, 4.69) is 29.6 Å². The molecule has 0 saturated carbocycles. The van der Waals surface area contributed by atoms with E-state index in [1.807, 2.05) is 58.9 Å². The fourth-order valence-corrected chi connectivity index (χ4v) is 4.63. The van der Waals surface area contributed by atoms with Gasteiger partial charge in [-0.1, -0.05) is 62.4 Å². The largest absolute Gasteiger partial charge is 0.481 e. The Labute approximate surface area is 207 Å². The minimum Gasteiger partial charge on any atom is -0.481 e. The van der Waals surface area contributed by atoms with Crippen molar-refractivity contribution in [2.45, 2.75) is 52.5 Å². The van der Waals surface area contributed by atoms with Crippen LogP contribution in [0.3, 0.4) is 0 Å². The number of hydrogen-bond acceptors (Lipinski definition) is 4. The van der Waals surface area contributed by atoms with E-state index < -0.39 is 23.5 Å². The van der Waals surface area contributed by atoms with Gasteiger partial charge in [-0.3, -0.25) is 9.59 Å². The first-order chi connectivity index (χ1) is 16.5. The number of ether oxygens (including phenoxy) is 1. The SMILES string of the molecule is CC(C)C(CNC(=O)OCC1c2ccccc2-c2ccccc21)C(=O)N(CCC(=O)O)C(C)(C)C. The van der Waals surface area contributed by atoms with Gasteiger partial charge in [-0.25, -0.2) is 4.79 Å². The second kappa shape index (κ2) is 10.9. The van der Waals surface area contributed by atoms with Gasteiger partial charge in [0.2, 0.25) is 5.91 Å². The molecule has 2 amide bonds. The summed E-state index contributed by atoms with van der Waals surface area (Å²) in [6.07, 6.45) is -0.702. The van der Waals surface area contributed by atoms with Crippen LogP contribution in [0.4, 0.5) is 4.79 Å². The zero-order valence-electron chi connectivity index (χ0n) is 21.2. The zero-order chi connectivity index (χ0) is 25.8. The molecule has 2 aromatic carbocycles. The molecule has 35 heavy (non-hydrogen) atoms. The van der Waals surface area contributed by atoms with Gasteiger partial charge in [-0.05, 0) is 48.9 Å². The number of fused-ring (bicyclic) bond motifs is 3. The summed E-state index contributed by atoms with van der Waals surface area (Å²) < 4.78 is 5.60. The zero-order valence-corrected chi connectivity index (χ0v) is 21.2. The van der Waals surface area contributed by atoms with Crippen molar-refractivity contribution in [2.75, 3.05) is 19.7 Å². The summed E-state index contributed by atoms with van der Waals surface area (Å²) in [6.45, 7) is 9.90. The third kappa shape index (κ3) is 6.21. The number of aliphatic carboxylic acids is 1. The first-order valence-corrected chi connectivity index (χ1v) is 12.1. The lowest BCUT2D eigenvalue weighted by Crippen LogP contribution is -2.52.